The number of likely N-dealkylation sites (tertiary alicyclic amines) is 1. The van der Waals surface area contributed by atoms with Gasteiger partial charge in [-0.25, -0.2) is 4.79 Å². The van der Waals surface area contributed by atoms with Gasteiger partial charge in [0, 0.05) is 13.7 Å². The minimum atomic E-state index is -1.31. The van der Waals surface area contributed by atoms with Gasteiger partial charge < -0.3 is 9.64 Å². The van der Waals surface area contributed by atoms with Crippen LogP contribution in [0.25, 0.3) is 0 Å². The summed E-state index contributed by atoms with van der Waals surface area (Å²) in [6.45, 7) is 8.74. The van der Waals surface area contributed by atoms with Crippen molar-refractivity contribution in [1.82, 2.24) is 14.7 Å². The molecule has 42 heavy (non-hydrogen) atoms. The van der Waals surface area contributed by atoms with Crippen molar-refractivity contribution >= 4 is 11.9 Å². The molecule has 0 spiro atoms. The number of carbonyl (C=O) groups excluding carboxylic acids is 2. The number of aryl methyl sites for hydroxylation is 3. The van der Waals surface area contributed by atoms with Gasteiger partial charge in [0.15, 0.2) is 5.54 Å². The number of nitrogens with zero attached hydrogens (tertiary/aromatic N) is 4. The molecule has 0 bridgehead atoms. The quantitative estimate of drug-likeness (QED) is 0.313. The van der Waals surface area contributed by atoms with Crippen molar-refractivity contribution in [3.63, 3.8) is 0 Å². The third-order valence-electron chi connectivity index (χ3n) is 9.06. The second-order valence-corrected chi connectivity index (χ2v) is 11.7. The standard InChI is InChI=1S/C35H40N4O3/c1-26-10-14-29(15-11-26)35(30-16-12-27(2)13-17-30)32(40)38(33(41)39(35)25-42-4)21-7-20-37-22-18-34(24-36,19-23-37)31-9-6-5-8-28(31)3/h5-6,8-17H,7,18-23,25H2,1-4H3. The highest BCUT2D eigenvalue weighted by Gasteiger charge is 2.59. The maximum absolute atomic E-state index is 14.4. The molecule has 0 N–H and O–H groups in total. The van der Waals surface area contributed by atoms with E-state index in [-0.39, 0.29) is 18.7 Å². The summed E-state index contributed by atoms with van der Waals surface area (Å²) < 4.78 is 5.50. The molecule has 2 fully saturated rings. The number of carbonyl (C=O) groups is 2. The van der Waals surface area contributed by atoms with Crippen LogP contribution in [-0.4, -0.2) is 66.7 Å². The van der Waals surface area contributed by atoms with Crippen LogP contribution in [0.3, 0.4) is 0 Å². The van der Waals surface area contributed by atoms with Gasteiger partial charge in [0.25, 0.3) is 5.91 Å². The van der Waals surface area contributed by atoms with Crippen LogP contribution in [0.1, 0.15) is 52.6 Å². The Morgan fingerprint density at radius 1 is 0.833 bits per heavy atom. The zero-order chi connectivity index (χ0) is 29.9. The van der Waals surface area contributed by atoms with Crippen molar-refractivity contribution in [2.75, 3.05) is 40.0 Å². The molecule has 2 aliphatic rings. The van der Waals surface area contributed by atoms with Gasteiger partial charge >= 0.3 is 6.03 Å². The van der Waals surface area contributed by atoms with Crippen LogP contribution >= 0.6 is 0 Å². The van der Waals surface area contributed by atoms with Gasteiger partial charge in [-0.2, -0.15) is 5.26 Å². The molecule has 0 aromatic heterocycles. The van der Waals surface area contributed by atoms with Crippen molar-refractivity contribution in [3.05, 3.63) is 106 Å². The fourth-order valence-corrected chi connectivity index (χ4v) is 6.64. The van der Waals surface area contributed by atoms with Gasteiger partial charge in [-0.05, 0) is 81.9 Å². The van der Waals surface area contributed by atoms with E-state index in [1.54, 1.807) is 12.0 Å². The van der Waals surface area contributed by atoms with Gasteiger partial charge in [-0.15, -0.1) is 0 Å². The third-order valence-corrected chi connectivity index (χ3v) is 9.06. The minimum Gasteiger partial charge on any atom is -0.364 e. The summed E-state index contributed by atoms with van der Waals surface area (Å²) in [5.74, 6) is -0.251. The Morgan fingerprint density at radius 2 is 1.40 bits per heavy atom. The zero-order valence-electron chi connectivity index (χ0n) is 25.1. The number of urea groups is 1. The van der Waals surface area contributed by atoms with E-state index in [1.807, 2.05) is 74.5 Å². The molecule has 3 aromatic carbocycles. The molecular formula is C35H40N4O3. The molecule has 0 aliphatic carbocycles. The Bertz CT molecular complexity index is 1420. The molecule has 3 amide bonds. The number of ether oxygens (including phenoxy) is 1. The summed E-state index contributed by atoms with van der Waals surface area (Å²) in [6.07, 6.45) is 2.18. The molecule has 0 saturated carbocycles. The average molecular weight is 565 g/mol. The monoisotopic (exact) mass is 564 g/mol. The van der Waals surface area contributed by atoms with Crippen molar-refractivity contribution < 1.29 is 14.3 Å². The van der Waals surface area contributed by atoms with Gasteiger partial charge in [0.05, 0.1) is 11.5 Å². The molecule has 7 nitrogen and oxygen atoms in total. The largest absolute Gasteiger partial charge is 0.364 e. The number of rotatable bonds is 9. The first kappa shape index (κ1) is 29.5. The van der Waals surface area contributed by atoms with E-state index in [9.17, 15) is 14.9 Å². The lowest BCUT2D eigenvalue weighted by molar-refractivity contribution is -0.133. The lowest BCUT2D eigenvalue weighted by Crippen LogP contribution is -2.48. The van der Waals surface area contributed by atoms with E-state index < -0.39 is 11.0 Å². The fourth-order valence-electron chi connectivity index (χ4n) is 6.64. The third kappa shape index (κ3) is 5.10. The van der Waals surface area contributed by atoms with E-state index in [0.717, 1.165) is 65.9 Å². The number of imide groups is 1. The van der Waals surface area contributed by atoms with Crippen molar-refractivity contribution in [1.29, 1.82) is 5.26 Å². The maximum atomic E-state index is 14.4. The van der Waals surface area contributed by atoms with Gasteiger partial charge in [-0.3, -0.25) is 14.6 Å². The first-order valence-electron chi connectivity index (χ1n) is 14.7. The summed E-state index contributed by atoms with van der Waals surface area (Å²) in [6, 6.07) is 26.1. The average Bonchev–Trinajstić information content (AvgIpc) is 3.21. The van der Waals surface area contributed by atoms with Crippen molar-refractivity contribution in [2.45, 2.75) is 51.0 Å². The Hall–Kier alpha value is -3.99. The summed E-state index contributed by atoms with van der Waals surface area (Å²) in [7, 11) is 1.55. The summed E-state index contributed by atoms with van der Waals surface area (Å²) in [4.78, 5) is 33.7. The van der Waals surface area contributed by atoms with E-state index in [0.29, 0.717) is 13.0 Å². The van der Waals surface area contributed by atoms with Crippen LogP contribution in [-0.2, 0) is 20.5 Å². The molecule has 2 heterocycles. The summed E-state index contributed by atoms with van der Waals surface area (Å²) in [5, 5.41) is 10.2. The molecule has 218 valence electrons. The molecular weight excluding hydrogens is 524 g/mol. The second-order valence-electron chi connectivity index (χ2n) is 11.7. The highest BCUT2D eigenvalue weighted by molar-refractivity contribution is 6.09. The Balaban J connectivity index is 1.35. The van der Waals surface area contributed by atoms with E-state index in [2.05, 4.69) is 30.0 Å². The molecule has 3 aromatic rings. The van der Waals surface area contributed by atoms with Crippen molar-refractivity contribution in [3.8, 4) is 6.07 Å². The smallest absolute Gasteiger partial charge is 0.330 e. The molecule has 2 saturated heterocycles. The second kappa shape index (κ2) is 12.1. The van der Waals surface area contributed by atoms with Crippen molar-refractivity contribution in [2.24, 2.45) is 0 Å². The predicted molar refractivity (Wildman–Crippen MR) is 163 cm³/mol. The first-order chi connectivity index (χ1) is 20.3. The molecule has 5 rings (SSSR count). The van der Waals surface area contributed by atoms with Crippen LogP contribution in [0.2, 0.25) is 0 Å². The molecule has 2 aliphatic heterocycles. The van der Waals surface area contributed by atoms with E-state index in [4.69, 9.17) is 4.74 Å². The van der Waals surface area contributed by atoms with Crippen LogP contribution in [0, 0.1) is 32.1 Å². The first-order valence-corrected chi connectivity index (χ1v) is 14.7. The van der Waals surface area contributed by atoms with Gasteiger partial charge in [0.2, 0.25) is 0 Å². The number of piperidine rings is 1. The lowest BCUT2D eigenvalue weighted by Gasteiger charge is -2.38. The van der Waals surface area contributed by atoms with Crippen LogP contribution in [0.5, 0.6) is 0 Å². The van der Waals surface area contributed by atoms with Crippen LogP contribution in [0.4, 0.5) is 4.79 Å². The Kier molecular flexibility index (Phi) is 8.49. The van der Waals surface area contributed by atoms with Crippen LogP contribution in [0.15, 0.2) is 72.8 Å². The Labute approximate surface area is 249 Å². The number of hydrogen-bond acceptors (Lipinski definition) is 5. The molecule has 0 radical (unpaired) electrons. The lowest BCUT2D eigenvalue weighted by atomic mass is 9.72. The number of benzene rings is 3. The maximum Gasteiger partial charge on any atom is 0.330 e. The summed E-state index contributed by atoms with van der Waals surface area (Å²) in [5.41, 5.74) is 4.16. The predicted octanol–water partition coefficient (Wildman–Crippen LogP) is 5.67. The van der Waals surface area contributed by atoms with Gasteiger partial charge in [0.1, 0.15) is 6.73 Å². The SMILES string of the molecule is COCN1C(=O)N(CCCN2CCC(C#N)(c3ccccc3C)CC2)C(=O)C1(c1ccc(C)cc1)c1ccc(C)cc1. The number of methoxy groups -OCH3 is 1. The molecule has 0 atom stereocenters. The Morgan fingerprint density at radius 3 is 1.93 bits per heavy atom. The normalized spacial score (nSPS) is 18.4. The van der Waals surface area contributed by atoms with E-state index in [1.165, 1.54) is 4.90 Å². The number of nitriles is 1. The fraction of sp³-hybridized carbons (Fsp3) is 0.400. The molecule has 0 unspecified atom stereocenters. The highest BCUT2D eigenvalue weighted by atomic mass is 16.5. The van der Waals surface area contributed by atoms with E-state index >= 15 is 0 Å². The zero-order valence-corrected chi connectivity index (χ0v) is 25.1. The minimum absolute atomic E-state index is 0.00983. The van der Waals surface area contributed by atoms with Gasteiger partial charge in [-0.1, -0.05) is 83.9 Å². The summed E-state index contributed by atoms with van der Waals surface area (Å²) >= 11 is 0. The molecule has 7 heteroatoms. The number of hydrogen-bond donors (Lipinski definition) is 0. The van der Waals surface area contributed by atoms with Crippen LogP contribution < -0.4 is 0 Å². The highest BCUT2D eigenvalue weighted by Crippen LogP contribution is 2.43. The topological polar surface area (TPSA) is 76.9 Å². The number of amides is 3.